The Bertz CT molecular complexity index is 363. The molecule has 0 saturated carbocycles. The highest BCUT2D eigenvalue weighted by atomic mass is 35.5. The summed E-state index contributed by atoms with van der Waals surface area (Å²) in [7, 11) is 0. The number of hydrogen-bond acceptors (Lipinski definition) is 2. The van der Waals surface area contributed by atoms with E-state index < -0.39 is 11.8 Å². The highest BCUT2D eigenvalue weighted by molar-refractivity contribution is 6.30. The van der Waals surface area contributed by atoms with E-state index in [4.69, 9.17) is 16.3 Å². The predicted octanol–water partition coefficient (Wildman–Crippen LogP) is 2.96. The maximum atomic E-state index is 13.3. The lowest BCUT2D eigenvalue weighted by Crippen LogP contribution is -2.07. The predicted molar refractivity (Wildman–Crippen MR) is 52.1 cm³/mol. The SMILES string of the molecule is CCOC(=O)c1ccc(Cl)c(F)c1C. The molecule has 2 nitrogen and oxygen atoms in total. The minimum Gasteiger partial charge on any atom is -0.462 e. The van der Waals surface area contributed by atoms with E-state index >= 15 is 0 Å². The van der Waals surface area contributed by atoms with Crippen LogP contribution in [0.25, 0.3) is 0 Å². The van der Waals surface area contributed by atoms with Gasteiger partial charge in [0.2, 0.25) is 0 Å². The normalized spacial score (nSPS) is 10.0. The molecular weight excluding hydrogens is 207 g/mol. The maximum Gasteiger partial charge on any atom is 0.338 e. The van der Waals surface area contributed by atoms with Crippen molar-refractivity contribution in [2.24, 2.45) is 0 Å². The zero-order valence-electron chi connectivity index (χ0n) is 7.93. The number of hydrogen-bond donors (Lipinski definition) is 0. The van der Waals surface area contributed by atoms with Crippen molar-refractivity contribution in [1.29, 1.82) is 0 Å². The summed E-state index contributed by atoms with van der Waals surface area (Å²) in [5.41, 5.74) is 0.435. The van der Waals surface area contributed by atoms with Gasteiger partial charge in [0.05, 0.1) is 17.2 Å². The molecule has 0 radical (unpaired) electrons. The van der Waals surface area contributed by atoms with Crippen LogP contribution in [-0.2, 0) is 4.74 Å². The molecule has 0 bridgehead atoms. The number of halogens is 2. The molecule has 0 aliphatic rings. The second kappa shape index (κ2) is 4.42. The summed E-state index contributed by atoms with van der Waals surface area (Å²) >= 11 is 5.54. The van der Waals surface area contributed by atoms with Gasteiger partial charge in [0.1, 0.15) is 5.82 Å². The minimum atomic E-state index is -0.572. The van der Waals surface area contributed by atoms with E-state index in [1.165, 1.54) is 19.1 Å². The summed E-state index contributed by atoms with van der Waals surface area (Å²) in [5.74, 6) is -1.10. The second-order valence-corrected chi connectivity index (χ2v) is 3.16. The Morgan fingerprint density at radius 2 is 2.21 bits per heavy atom. The van der Waals surface area contributed by atoms with E-state index in [-0.39, 0.29) is 22.8 Å². The quantitative estimate of drug-likeness (QED) is 0.711. The van der Waals surface area contributed by atoms with Gasteiger partial charge in [-0.25, -0.2) is 9.18 Å². The first-order valence-corrected chi connectivity index (χ1v) is 4.57. The van der Waals surface area contributed by atoms with E-state index in [2.05, 4.69) is 0 Å². The van der Waals surface area contributed by atoms with Gasteiger partial charge in [-0.3, -0.25) is 0 Å². The van der Waals surface area contributed by atoms with Gasteiger partial charge in [-0.15, -0.1) is 0 Å². The van der Waals surface area contributed by atoms with Crippen molar-refractivity contribution in [2.75, 3.05) is 6.61 Å². The van der Waals surface area contributed by atoms with Crippen molar-refractivity contribution in [3.63, 3.8) is 0 Å². The number of esters is 1. The lowest BCUT2D eigenvalue weighted by atomic mass is 10.1. The Labute approximate surface area is 86.6 Å². The molecule has 0 amide bonds. The highest BCUT2D eigenvalue weighted by Crippen LogP contribution is 2.21. The molecule has 0 spiro atoms. The van der Waals surface area contributed by atoms with Crippen LogP contribution in [-0.4, -0.2) is 12.6 Å². The zero-order valence-corrected chi connectivity index (χ0v) is 8.69. The molecule has 4 heteroatoms. The van der Waals surface area contributed by atoms with E-state index in [0.717, 1.165) is 0 Å². The van der Waals surface area contributed by atoms with Gasteiger partial charge < -0.3 is 4.74 Å². The third-order valence-electron chi connectivity index (χ3n) is 1.83. The van der Waals surface area contributed by atoms with Crippen LogP contribution in [0.2, 0.25) is 5.02 Å². The molecule has 0 N–H and O–H groups in total. The van der Waals surface area contributed by atoms with E-state index in [0.29, 0.717) is 0 Å². The fourth-order valence-electron chi connectivity index (χ4n) is 1.08. The summed E-state index contributed by atoms with van der Waals surface area (Å²) in [6, 6.07) is 2.80. The average Bonchev–Trinajstić information content (AvgIpc) is 2.15. The van der Waals surface area contributed by atoms with Gasteiger partial charge >= 0.3 is 5.97 Å². The van der Waals surface area contributed by atoms with Crippen molar-refractivity contribution >= 4 is 17.6 Å². The fraction of sp³-hybridized carbons (Fsp3) is 0.300. The summed E-state index contributed by atoms with van der Waals surface area (Å²) < 4.78 is 18.0. The van der Waals surface area contributed by atoms with Crippen LogP contribution < -0.4 is 0 Å². The van der Waals surface area contributed by atoms with Crippen molar-refractivity contribution in [2.45, 2.75) is 13.8 Å². The Balaban J connectivity index is 3.11. The molecular formula is C10H10ClFO2. The van der Waals surface area contributed by atoms with Crippen LogP contribution in [0.4, 0.5) is 4.39 Å². The summed E-state index contributed by atoms with van der Waals surface area (Å²) in [6.45, 7) is 3.45. The number of benzene rings is 1. The first-order chi connectivity index (χ1) is 6.57. The molecule has 0 fully saturated rings. The average molecular weight is 217 g/mol. The Kier molecular flexibility index (Phi) is 3.47. The second-order valence-electron chi connectivity index (χ2n) is 2.75. The molecule has 0 saturated heterocycles. The molecule has 14 heavy (non-hydrogen) atoms. The van der Waals surface area contributed by atoms with Gasteiger partial charge in [-0.1, -0.05) is 11.6 Å². The van der Waals surface area contributed by atoms with E-state index in [1.54, 1.807) is 6.92 Å². The lowest BCUT2D eigenvalue weighted by molar-refractivity contribution is 0.0525. The number of carbonyl (C=O) groups is 1. The van der Waals surface area contributed by atoms with Crippen molar-refractivity contribution < 1.29 is 13.9 Å². The third-order valence-corrected chi connectivity index (χ3v) is 2.13. The van der Waals surface area contributed by atoms with Crippen LogP contribution in [0.3, 0.4) is 0 Å². The van der Waals surface area contributed by atoms with Crippen molar-refractivity contribution in [3.05, 3.63) is 34.1 Å². The first-order valence-electron chi connectivity index (χ1n) is 4.19. The fourth-order valence-corrected chi connectivity index (χ4v) is 1.29. The number of rotatable bonds is 2. The van der Waals surface area contributed by atoms with Crippen molar-refractivity contribution in [1.82, 2.24) is 0 Å². The molecule has 0 heterocycles. The Morgan fingerprint density at radius 3 is 2.79 bits per heavy atom. The molecule has 0 aliphatic heterocycles. The molecule has 1 rings (SSSR count). The summed E-state index contributed by atoms with van der Waals surface area (Å²) in [5, 5.41) is 0.00977. The molecule has 1 aromatic rings. The molecule has 0 unspecified atom stereocenters. The minimum absolute atomic E-state index is 0.00977. The maximum absolute atomic E-state index is 13.3. The Hall–Kier alpha value is -1.09. The van der Waals surface area contributed by atoms with Gasteiger partial charge in [-0.2, -0.15) is 0 Å². The topological polar surface area (TPSA) is 26.3 Å². The van der Waals surface area contributed by atoms with Crippen molar-refractivity contribution in [3.8, 4) is 0 Å². The standard InChI is InChI=1S/C10H10ClFO2/c1-3-14-10(13)7-4-5-8(11)9(12)6(7)2/h4-5H,3H2,1-2H3. The largest absolute Gasteiger partial charge is 0.462 e. The van der Waals surface area contributed by atoms with Crippen LogP contribution in [0, 0.1) is 12.7 Å². The molecule has 76 valence electrons. The van der Waals surface area contributed by atoms with Gasteiger partial charge in [0.25, 0.3) is 0 Å². The third kappa shape index (κ3) is 2.04. The lowest BCUT2D eigenvalue weighted by Gasteiger charge is -2.06. The molecule has 0 aromatic heterocycles. The number of carbonyl (C=O) groups excluding carboxylic acids is 1. The summed E-state index contributed by atoms with van der Waals surface area (Å²) in [4.78, 5) is 11.3. The van der Waals surface area contributed by atoms with Crippen LogP contribution in [0.15, 0.2) is 12.1 Å². The number of ether oxygens (including phenoxy) is 1. The van der Waals surface area contributed by atoms with Crippen LogP contribution in [0.5, 0.6) is 0 Å². The summed E-state index contributed by atoms with van der Waals surface area (Å²) in [6.07, 6.45) is 0. The zero-order chi connectivity index (χ0) is 10.7. The van der Waals surface area contributed by atoms with Crippen LogP contribution in [0.1, 0.15) is 22.8 Å². The van der Waals surface area contributed by atoms with Gasteiger partial charge in [-0.05, 0) is 26.0 Å². The molecule has 0 aliphatic carbocycles. The monoisotopic (exact) mass is 216 g/mol. The van der Waals surface area contributed by atoms with E-state index in [1.807, 2.05) is 0 Å². The van der Waals surface area contributed by atoms with Crippen LogP contribution >= 0.6 is 11.6 Å². The smallest absolute Gasteiger partial charge is 0.338 e. The van der Waals surface area contributed by atoms with E-state index in [9.17, 15) is 9.18 Å². The van der Waals surface area contributed by atoms with Gasteiger partial charge in [0.15, 0.2) is 0 Å². The first kappa shape index (κ1) is 11.0. The van der Waals surface area contributed by atoms with Gasteiger partial charge in [0, 0.05) is 5.56 Å². The molecule has 1 aromatic carbocycles. The molecule has 0 atom stereocenters. The Morgan fingerprint density at radius 1 is 1.57 bits per heavy atom. The highest BCUT2D eigenvalue weighted by Gasteiger charge is 2.14.